The van der Waals surface area contributed by atoms with Gasteiger partial charge in [-0.05, 0) is 30.7 Å². The molecular weight excluding hydrogens is 298 g/mol. The maximum absolute atomic E-state index is 12.7. The largest absolute Gasteiger partial charge is 0.314 e. The molecule has 4 nitrogen and oxygen atoms in total. The molecule has 2 aromatic rings. The topological polar surface area (TPSA) is 54.5 Å². The Morgan fingerprint density at radius 2 is 1.59 bits per heavy atom. The van der Waals surface area contributed by atoms with Crippen molar-refractivity contribution >= 4 is 21.4 Å². The third-order valence-corrected chi connectivity index (χ3v) is 6.17. The van der Waals surface area contributed by atoms with Gasteiger partial charge in [0.1, 0.15) is 0 Å². The van der Waals surface area contributed by atoms with Crippen molar-refractivity contribution in [1.29, 1.82) is 0 Å². The average Bonchev–Trinajstić information content (AvgIpc) is 2.70. The summed E-state index contributed by atoms with van der Waals surface area (Å²) in [5, 5.41) is 0. The van der Waals surface area contributed by atoms with Crippen molar-refractivity contribution in [3.05, 3.63) is 60.2 Å². The molecule has 1 heterocycles. The molecule has 5 heteroatoms. The number of likely N-dealkylation sites (N-methyl/N-ethyl adjacent to an activating group) is 1. The third kappa shape index (κ3) is 2.13. The lowest BCUT2D eigenvalue weighted by molar-refractivity contribution is -0.121. The highest BCUT2D eigenvalue weighted by atomic mass is 32.2. The minimum Gasteiger partial charge on any atom is -0.314 e. The average molecular weight is 315 g/mol. The summed E-state index contributed by atoms with van der Waals surface area (Å²) in [5.41, 5.74) is 0.486. The molecule has 0 spiro atoms. The Balaban J connectivity index is 2.07. The molecule has 1 aliphatic rings. The van der Waals surface area contributed by atoms with E-state index >= 15 is 0 Å². The lowest BCUT2D eigenvalue weighted by Crippen LogP contribution is -2.41. The van der Waals surface area contributed by atoms with Gasteiger partial charge in [0.25, 0.3) is 0 Å². The molecule has 0 N–H and O–H groups in total. The zero-order valence-corrected chi connectivity index (χ0v) is 13.3. The van der Waals surface area contributed by atoms with E-state index in [1.54, 1.807) is 44.3 Å². The van der Waals surface area contributed by atoms with Crippen molar-refractivity contribution in [3.8, 4) is 0 Å². The van der Waals surface area contributed by atoms with E-state index in [0.717, 1.165) is 11.3 Å². The van der Waals surface area contributed by atoms with Gasteiger partial charge in [0.15, 0.2) is 9.84 Å². The molecule has 22 heavy (non-hydrogen) atoms. The first-order valence-corrected chi connectivity index (χ1v) is 8.67. The molecular formula is C17H17NO3S. The van der Waals surface area contributed by atoms with E-state index in [4.69, 9.17) is 0 Å². The van der Waals surface area contributed by atoms with Crippen LogP contribution in [0.1, 0.15) is 12.5 Å². The summed E-state index contributed by atoms with van der Waals surface area (Å²) in [5.74, 6) is -0.419. The standard InChI is InChI=1S/C17H17NO3S/c1-17(12-22(20,21)13-8-4-3-5-9-13)14-10-6-7-11-15(14)18(2)16(17)19/h3-11H,12H2,1-2H3/t17-/m0/s1. The fourth-order valence-electron chi connectivity index (χ4n) is 3.06. The molecule has 1 aliphatic heterocycles. The third-order valence-electron chi connectivity index (χ3n) is 4.22. The summed E-state index contributed by atoms with van der Waals surface area (Å²) in [4.78, 5) is 14.4. The first-order chi connectivity index (χ1) is 10.4. The Morgan fingerprint density at radius 1 is 1.00 bits per heavy atom. The van der Waals surface area contributed by atoms with Crippen molar-refractivity contribution < 1.29 is 13.2 Å². The summed E-state index contributed by atoms with van der Waals surface area (Å²) in [6, 6.07) is 15.6. The van der Waals surface area contributed by atoms with Crippen LogP contribution >= 0.6 is 0 Å². The molecule has 0 fully saturated rings. The Kier molecular flexibility index (Phi) is 3.33. The first kappa shape index (κ1) is 14.8. The summed E-state index contributed by atoms with van der Waals surface area (Å²) in [6.07, 6.45) is 0. The second-order valence-electron chi connectivity index (χ2n) is 5.79. The fourth-order valence-corrected chi connectivity index (χ4v) is 4.84. The van der Waals surface area contributed by atoms with Crippen LogP contribution in [-0.2, 0) is 20.0 Å². The molecule has 3 rings (SSSR count). The molecule has 0 saturated carbocycles. The number of benzene rings is 2. The van der Waals surface area contributed by atoms with Crippen LogP contribution in [-0.4, -0.2) is 27.1 Å². The number of para-hydroxylation sites is 1. The minimum absolute atomic E-state index is 0.187. The highest BCUT2D eigenvalue weighted by Crippen LogP contribution is 2.42. The number of carbonyl (C=O) groups is 1. The second kappa shape index (κ2) is 4.95. The molecule has 0 aliphatic carbocycles. The van der Waals surface area contributed by atoms with Crippen LogP contribution in [0.5, 0.6) is 0 Å². The van der Waals surface area contributed by atoms with Crippen LogP contribution in [0.3, 0.4) is 0 Å². The van der Waals surface area contributed by atoms with Crippen LogP contribution in [0.4, 0.5) is 5.69 Å². The van der Waals surface area contributed by atoms with Crippen molar-refractivity contribution in [1.82, 2.24) is 0 Å². The van der Waals surface area contributed by atoms with Crippen LogP contribution in [0.25, 0.3) is 0 Å². The number of anilines is 1. The van der Waals surface area contributed by atoms with E-state index < -0.39 is 15.3 Å². The van der Waals surface area contributed by atoms with E-state index in [1.165, 1.54) is 4.90 Å². The van der Waals surface area contributed by atoms with Crippen molar-refractivity contribution in [2.45, 2.75) is 17.2 Å². The highest BCUT2D eigenvalue weighted by molar-refractivity contribution is 7.91. The van der Waals surface area contributed by atoms with Gasteiger partial charge in [-0.25, -0.2) is 8.42 Å². The van der Waals surface area contributed by atoms with Crippen LogP contribution < -0.4 is 4.90 Å². The summed E-state index contributed by atoms with van der Waals surface area (Å²) < 4.78 is 25.4. The van der Waals surface area contributed by atoms with Crippen LogP contribution in [0, 0.1) is 0 Å². The summed E-state index contributed by atoms with van der Waals surface area (Å²) in [7, 11) is -1.87. The minimum atomic E-state index is -3.55. The van der Waals surface area contributed by atoms with E-state index in [9.17, 15) is 13.2 Å². The number of sulfone groups is 1. The molecule has 0 aromatic heterocycles. The quantitative estimate of drug-likeness (QED) is 0.874. The van der Waals surface area contributed by atoms with Crippen molar-refractivity contribution in [3.63, 3.8) is 0 Å². The Labute approximate surface area is 130 Å². The van der Waals surface area contributed by atoms with E-state index in [1.807, 2.05) is 24.3 Å². The van der Waals surface area contributed by atoms with Gasteiger partial charge in [0, 0.05) is 12.7 Å². The molecule has 1 amide bonds. The van der Waals surface area contributed by atoms with Crippen molar-refractivity contribution in [2.75, 3.05) is 17.7 Å². The fraction of sp³-hybridized carbons (Fsp3) is 0.235. The Hall–Kier alpha value is -2.14. The number of hydrogen-bond donors (Lipinski definition) is 0. The number of hydrogen-bond acceptors (Lipinski definition) is 3. The summed E-state index contributed by atoms with van der Waals surface area (Å²) in [6.45, 7) is 1.71. The van der Waals surface area contributed by atoms with Gasteiger partial charge in [-0.2, -0.15) is 0 Å². The van der Waals surface area contributed by atoms with E-state index in [0.29, 0.717) is 0 Å². The lowest BCUT2D eigenvalue weighted by Gasteiger charge is -2.23. The molecule has 114 valence electrons. The number of fused-ring (bicyclic) bond motifs is 1. The molecule has 2 aromatic carbocycles. The van der Waals surface area contributed by atoms with E-state index in [-0.39, 0.29) is 16.6 Å². The predicted octanol–water partition coefficient (Wildman–Crippen LogP) is 2.39. The molecule has 1 atom stereocenters. The van der Waals surface area contributed by atoms with Crippen molar-refractivity contribution in [2.24, 2.45) is 0 Å². The Bertz CT molecular complexity index is 830. The van der Waals surface area contributed by atoms with Gasteiger partial charge in [-0.1, -0.05) is 36.4 Å². The number of nitrogens with zero attached hydrogens (tertiary/aromatic N) is 1. The molecule has 0 radical (unpaired) electrons. The second-order valence-corrected chi connectivity index (χ2v) is 7.78. The monoisotopic (exact) mass is 315 g/mol. The van der Waals surface area contributed by atoms with Gasteiger partial charge in [0.05, 0.1) is 16.1 Å². The lowest BCUT2D eigenvalue weighted by atomic mass is 9.86. The smallest absolute Gasteiger partial charge is 0.238 e. The summed E-state index contributed by atoms with van der Waals surface area (Å²) >= 11 is 0. The van der Waals surface area contributed by atoms with E-state index in [2.05, 4.69) is 0 Å². The van der Waals surface area contributed by atoms with Gasteiger partial charge >= 0.3 is 0 Å². The van der Waals surface area contributed by atoms with Crippen LogP contribution in [0.2, 0.25) is 0 Å². The normalized spacial score (nSPS) is 21.0. The Morgan fingerprint density at radius 3 is 2.27 bits per heavy atom. The highest BCUT2D eigenvalue weighted by Gasteiger charge is 2.48. The SMILES string of the molecule is CN1C(=O)[C@@](C)(CS(=O)(=O)c2ccccc2)c2ccccc21. The maximum Gasteiger partial charge on any atom is 0.238 e. The zero-order valence-electron chi connectivity index (χ0n) is 12.5. The maximum atomic E-state index is 12.7. The first-order valence-electron chi connectivity index (χ1n) is 7.02. The number of rotatable bonds is 3. The van der Waals surface area contributed by atoms with Gasteiger partial charge < -0.3 is 4.90 Å². The van der Waals surface area contributed by atoms with Crippen LogP contribution in [0.15, 0.2) is 59.5 Å². The van der Waals surface area contributed by atoms with Gasteiger partial charge in [0.2, 0.25) is 5.91 Å². The molecule has 0 bridgehead atoms. The number of amides is 1. The molecule has 0 unspecified atom stereocenters. The number of carbonyl (C=O) groups excluding carboxylic acids is 1. The predicted molar refractivity (Wildman–Crippen MR) is 85.7 cm³/mol. The van der Waals surface area contributed by atoms with Gasteiger partial charge in [-0.3, -0.25) is 4.79 Å². The van der Waals surface area contributed by atoms with Gasteiger partial charge in [-0.15, -0.1) is 0 Å². The zero-order chi connectivity index (χ0) is 16.0. The molecule has 0 saturated heterocycles.